The smallest absolute Gasteiger partial charge is 0.462 e. The number of esters is 4. The second kappa shape index (κ2) is 66.9. The first-order chi connectivity index (χ1) is 45.4. The Morgan fingerprint density at radius 1 is 0.309 bits per heavy atom. The lowest BCUT2D eigenvalue weighted by Crippen LogP contribution is -2.30. The molecule has 6 atom stereocenters. The second-order valence-corrected chi connectivity index (χ2v) is 30.7. The van der Waals surface area contributed by atoms with E-state index in [2.05, 4.69) is 41.5 Å². The third kappa shape index (κ3) is 67.3. The van der Waals surface area contributed by atoms with Crippen LogP contribution in [-0.4, -0.2) is 96.7 Å². The van der Waals surface area contributed by atoms with E-state index in [-0.39, 0.29) is 25.7 Å². The van der Waals surface area contributed by atoms with Gasteiger partial charge in [-0.25, -0.2) is 9.13 Å². The van der Waals surface area contributed by atoms with Crippen molar-refractivity contribution in [2.24, 2.45) is 11.8 Å². The molecule has 0 heterocycles. The van der Waals surface area contributed by atoms with Crippen molar-refractivity contribution >= 4 is 39.5 Å². The summed E-state index contributed by atoms with van der Waals surface area (Å²) in [6.45, 7) is 9.47. The van der Waals surface area contributed by atoms with Crippen LogP contribution < -0.4 is 0 Å². The number of aliphatic hydroxyl groups excluding tert-OH is 1. The van der Waals surface area contributed by atoms with E-state index >= 15 is 0 Å². The zero-order valence-electron chi connectivity index (χ0n) is 61.3. The maximum absolute atomic E-state index is 13.1. The van der Waals surface area contributed by atoms with Crippen LogP contribution in [0.5, 0.6) is 0 Å². The highest BCUT2D eigenvalue weighted by Crippen LogP contribution is 2.45. The number of hydrogen-bond donors (Lipinski definition) is 3. The van der Waals surface area contributed by atoms with Crippen LogP contribution >= 0.6 is 15.6 Å². The van der Waals surface area contributed by atoms with Crippen LogP contribution in [0.15, 0.2) is 0 Å². The fraction of sp³-hybridized carbons (Fsp3) is 0.947. The van der Waals surface area contributed by atoms with Gasteiger partial charge in [0.15, 0.2) is 12.2 Å². The summed E-state index contributed by atoms with van der Waals surface area (Å²) in [6, 6.07) is 0. The maximum atomic E-state index is 13.1. The first-order valence-corrected chi connectivity index (χ1v) is 42.0. The van der Waals surface area contributed by atoms with E-state index in [4.69, 9.17) is 37.0 Å². The van der Waals surface area contributed by atoms with Gasteiger partial charge >= 0.3 is 39.5 Å². The number of carbonyl (C=O) groups excluding carboxylic acids is 4. The van der Waals surface area contributed by atoms with Crippen molar-refractivity contribution in [2.45, 2.75) is 407 Å². The van der Waals surface area contributed by atoms with E-state index in [0.717, 1.165) is 102 Å². The van der Waals surface area contributed by atoms with Crippen molar-refractivity contribution in [1.29, 1.82) is 0 Å². The number of hydrogen-bond acceptors (Lipinski definition) is 15. The number of phosphoric acid groups is 2. The average Bonchev–Trinajstić information content (AvgIpc) is 1.38. The van der Waals surface area contributed by atoms with Crippen molar-refractivity contribution < 1.29 is 80.2 Å². The molecule has 0 amide bonds. The zero-order chi connectivity index (χ0) is 69.3. The third-order valence-electron chi connectivity index (χ3n) is 17.8. The Bertz CT molecular complexity index is 1820. The molecule has 0 aromatic carbocycles. The first kappa shape index (κ1) is 92.1. The number of aliphatic hydroxyl groups is 1. The minimum absolute atomic E-state index is 0.103. The summed E-state index contributed by atoms with van der Waals surface area (Å²) in [5.74, 6) is -0.696. The normalized spacial score (nSPS) is 14.3. The Morgan fingerprint density at radius 2 is 0.543 bits per heavy atom. The molecule has 17 nitrogen and oxygen atoms in total. The molecular formula is C75H146O17P2. The van der Waals surface area contributed by atoms with Gasteiger partial charge in [-0.3, -0.25) is 37.3 Å². The minimum atomic E-state index is -4.96. The summed E-state index contributed by atoms with van der Waals surface area (Å²) in [5.41, 5.74) is 0. The molecule has 0 aliphatic rings. The maximum Gasteiger partial charge on any atom is 0.472 e. The molecule has 0 bridgehead atoms. The Hall–Kier alpha value is -1.94. The van der Waals surface area contributed by atoms with Crippen LogP contribution in [0.1, 0.15) is 388 Å². The van der Waals surface area contributed by atoms with Crippen molar-refractivity contribution in [3.8, 4) is 0 Å². The van der Waals surface area contributed by atoms with Crippen molar-refractivity contribution in [3.05, 3.63) is 0 Å². The predicted octanol–water partition coefficient (Wildman–Crippen LogP) is 21.9. The number of rotatable bonds is 74. The quantitative estimate of drug-likeness (QED) is 0.0222. The van der Waals surface area contributed by atoms with Crippen LogP contribution in [0, 0.1) is 11.8 Å². The van der Waals surface area contributed by atoms with E-state index in [0.29, 0.717) is 31.6 Å². The molecular weight excluding hydrogens is 1230 g/mol. The summed E-state index contributed by atoms with van der Waals surface area (Å²) in [5, 5.41) is 10.6. The van der Waals surface area contributed by atoms with Crippen LogP contribution in [0.4, 0.5) is 0 Å². The fourth-order valence-corrected chi connectivity index (χ4v) is 13.0. The van der Waals surface area contributed by atoms with Gasteiger partial charge in [-0.05, 0) is 37.5 Å². The van der Waals surface area contributed by atoms with Crippen LogP contribution in [0.3, 0.4) is 0 Å². The molecule has 558 valence electrons. The van der Waals surface area contributed by atoms with Gasteiger partial charge in [-0.15, -0.1) is 0 Å². The monoisotopic (exact) mass is 1380 g/mol. The van der Waals surface area contributed by atoms with Gasteiger partial charge in [0.2, 0.25) is 0 Å². The molecule has 0 fully saturated rings. The standard InChI is InChI=1S/C75H146O17P2/c1-7-10-12-14-16-18-20-22-23-24-25-26-27-28-29-30-31-33-35-39-47-53-59-74(79)91-70(63-85-72(77)57-51-45-38-34-32-21-19-17-15-13-11-8-2)65-89-93(81,82)87-61-69(76)62-88-94(83,84)90-66-71(92-75(80)60-54-48-40-36-37-43-49-55-67(4)5)64-86-73(78)58-52-46-42-41-44-50-56-68(6)9-3/h67-71,76H,7-66H2,1-6H3,(H,81,82)(H,83,84)/t68?,69-,70-,71-/m1/s1. The van der Waals surface area contributed by atoms with E-state index in [1.807, 2.05) is 0 Å². The van der Waals surface area contributed by atoms with Gasteiger partial charge in [0.1, 0.15) is 19.3 Å². The topological polar surface area (TPSA) is 237 Å². The van der Waals surface area contributed by atoms with E-state index < -0.39 is 97.5 Å². The van der Waals surface area contributed by atoms with Crippen molar-refractivity contribution in [3.63, 3.8) is 0 Å². The molecule has 0 spiro atoms. The lowest BCUT2D eigenvalue weighted by molar-refractivity contribution is -0.161. The lowest BCUT2D eigenvalue weighted by Gasteiger charge is -2.21. The molecule has 19 heteroatoms. The Kier molecular flexibility index (Phi) is 65.5. The molecule has 0 aromatic rings. The largest absolute Gasteiger partial charge is 0.472 e. The summed E-state index contributed by atoms with van der Waals surface area (Å²) in [6.07, 6.45) is 54.4. The van der Waals surface area contributed by atoms with E-state index in [9.17, 15) is 43.2 Å². The van der Waals surface area contributed by atoms with E-state index in [1.165, 1.54) is 199 Å². The van der Waals surface area contributed by atoms with Gasteiger partial charge in [-0.1, -0.05) is 337 Å². The Labute approximate surface area is 575 Å². The number of unbranched alkanes of at least 4 members (excludes halogenated alkanes) is 43. The minimum Gasteiger partial charge on any atom is -0.462 e. The van der Waals surface area contributed by atoms with Gasteiger partial charge in [0.05, 0.1) is 26.4 Å². The van der Waals surface area contributed by atoms with Crippen LogP contribution in [0.25, 0.3) is 0 Å². The summed E-state index contributed by atoms with van der Waals surface area (Å²) in [4.78, 5) is 72.7. The van der Waals surface area contributed by atoms with Gasteiger partial charge in [-0.2, -0.15) is 0 Å². The molecule has 0 aliphatic heterocycles. The molecule has 0 aliphatic carbocycles. The lowest BCUT2D eigenvalue weighted by atomic mass is 10.00. The summed E-state index contributed by atoms with van der Waals surface area (Å²) < 4.78 is 68.4. The molecule has 0 aromatic heterocycles. The van der Waals surface area contributed by atoms with Crippen molar-refractivity contribution in [1.82, 2.24) is 0 Å². The molecule has 0 rings (SSSR count). The van der Waals surface area contributed by atoms with Crippen molar-refractivity contribution in [2.75, 3.05) is 39.6 Å². The van der Waals surface area contributed by atoms with E-state index in [1.54, 1.807) is 0 Å². The molecule has 0 radical (unpaired) electrons. The number of ether oxygens (including phenoxy) is 4. The molecule has 94 heavy (non-hydrogen) atoms. The molecule has 3 N–H and O–H groups in total. The highest BCUT2D eigenvalue weighted by atomic mass is 31.2. The summed E-state index contributed by atoms with van der Waals surface area (Å²) in [7, 11) is -9.91. The second-order valence-electron chi connectivity index (χ2n) is 27.8. The molecule has 0 saturated heterocycles. The van der Waals surface area contributed by atoms with Crippen LogP contribution in [0.2, 0.25) is 0 Å². The molecule has 0 saturated carbocycles. The van der Waals surface area contributed by atoms with Gasteiger partial charge < -0.3 is 33.8 Å². The fourth-order valence-electron chi connectivity index (χ4n) is 11.4. The van der Waals surface area contributed by atoms with Gasteiger partial charge in [0, 0.05) is 25.7 Å². The molecule has 3 unspecified atom stereocenters. The predicted molar refractivity (Wildman–Crippen MR) is 381 cm³/mol. The number of phosphoric ester groups is 2. The number of carbonyl (C=O) groups is 4. The first-order valence-electron chi connectivity index (χ1n) is 39.0. The Balaban J connectivity index is 5.16. The van der Waals surface area contributed by atoms with Gasteiger partial charge in [0.25, 0.3) is 0 Å². The summed E-state index contributed by atoms with van der Waals surface area (Å²) >= 11 is 0. The van der Waals surface area contributed by atoms with Crippen LogP contribution in [-0.2, 0) is 65.4 Å². The highest BCUT2D eigenvalue weighted by Gasteiger charge is 2.30. The Morgan fingerprint density at radius 3 is 0.809 bits per heavy atom. The average molecular weight is 1380 g/mol. The third-order valence-corrected chi connectivity index (χ3v) is 19.7. The SMILES string of the molecule is CCCCCCCCCCCCCCCCCCCCCCCCC(=O)O[C@H](COC(=O)CCCCCCCCCCCCCC)COP(=O)(O)OC[C@@H](O)COP(=O)(O)OC[C@@H](COC(=O)CCCCCCCCC(C)CC)OC(=O)CCCCCCCCCC(C)C. The highest BCUT2D eigenvalue weighted by molar-refractivity contribution is 7.47. The zero-order valence-corrected chi connectivity index (χ0v) is 63.1.